The lowest BCUT2D eigenvalue weighted by atomic mass is 10.2. The first-order valence-corrected chi connectivity index (χ1v) is 8.08. The lowest BCUT2D eigenvalue weighted by molar-refractivity contribution is 0.461. The Kier molecular flexibility index (Phi) is 5.06. The number of aromatic nitrogens is 1. The van der Waals surface area contributed by atoms with Crippen molar-refractivity contribution in [3.63, 3.8) is 0 Å². The third-order valence-electron chi connectivity index (χ3n) is 3.14. The fraction of sp³-hybridized carbons (Fsp3) is 0.267. The highest BCUT2D eigenvalue weighted by atomic mass is 32.2. The monoisotopic (exact) mass is 305 g/mol. The fourth-order valence-corrected chi connectivity index (χ4v) is 3.42. The predicted octanol–water partition coefficient (Wildman–Crippen LogP) is 1.62. The number of pyridine rings is 1. The molecule has 0 aliphatic carbocycles. The van der Waals surface area contributed by atoms with E-state index in [0.29, 0.717) is 11.4 Å². The lowest BCUT2D eigenvalue weighted by Crippen LogP contribution is -2.28. The van der Waals surface area contributed by atoms with E-state index in [1.165, 1.54) is 4.31 Å². The third kappa shape index (κ3) is 3.66. The minimum absolute atomic E-state index is 0.247. The van der Waals surface area contributed by atoms with Crippen molar-refractivity contribution in [3.05, 3.63) is 59.9 Å². The second-order valence-electron chi connectivity index (χ2n) is 4.72. The van der Waals surface area contributed by atoms with Crippen LogP contribution in [0.25, 0.3) is 0 Å². The molecule has 0 unspecified atom stereocenters. The largest absolute Gasteiger partial charge is 0.316 e. The van der Waals surface area contributed by atoms with E-state index in [-0.39, 0.29) is 6.54 Å². The molecule has 1 aromatic heterocycles. The maximum atomic E-state index is 12.7. The second kappa shape index (κ2) is 6.80. The SMILES string of the molecule is CNCc1ccccc1S(=O)(=O)N(C)Cc1ccccn1. The van der Waals surface area contributed by atoms with Crippen molar-refractivity contribution >= 4 is 10.0 Å². The third-order valence-corrected chi connectivity index (χ3v) is 5.04. The standard InChI is InChI=1S/C15H19N3O2S/c1-16-11-13-7-3-4-9-15(13)21(19,20)18(2)12-14-8-5-6-10-17-14/h3-10,16H,11-12H2,1-2H3. The molecule has 0 radical (unpaired) electrons. The molecule has 112 valence electrons. The molecule has 0 amide bonds. The topological polar surface area (TPSA) is 62.3 Å². The summed E-state index contributed by atoms with van der Waals surface area (Å²) in [6.45, 7) is 0.754. The molecule has 2 aromatic rings. The van der Waals surface area contributed by atoms with Gasteiger partial charge in [0, 0.05) is 19.8 Å². The Morgan fingerprint density at radius 2 is 1.86 bits per heavy atom. The molecule has 0 aliphatic rings. The Balaban J connectivity index is 2.29. The van der Waals surface area contributed by atoms with E-state index in [9.17, 15) is 8.42 Å². The van der Waals surface area contributed by atoms with Crippen LogP contribution in [0.3, 0.4) is 0 Å². The normalized spacial score (nSPS) is 11.8. The number of nitrogens with zero attached hydrogens (tertiary/aromatic N) is 2. The Morgan fingerprint density at radius 1 is 1.14 bits per heavy atom. The van der Waals surface area contributed by atoms with Crippen LogP contribution in [0.4, 0.5) is 0 Å². The van der Waals surface area contributed by atoms with Crippen LogP contribution in [-0.4, -0.2) is 31.8 Å². The van der Waals surface area contributed by atoms with Crippen LogP contribution in [0, 0.1) is 0 Å². The zero-order chi connectivity index (χ0) is 15.3. The summed E-state index contributed by atoms with van der Waals surface area (Å²) in [6, 6.07) is 12.5. The molecule has 0 saturated heterocycles. The average Bonchev–Trinajstić information content (AvgIpc) is 2.49. The molecule has 0 bridgehead atoms. The molecule has 21 heavy (non-hydrogen) atoms. The molecule has 1 N–H and O–H groups in total. The quantitative estimate of drug-likeness (QED) is 0.881. The van der Waals surface area contributed by atoms with Gasteiger partial charge in [0.05, 0.1) is 17.1 Å². The van der Waals surface area contributed by atoms with Gasteiger partial charge in [-0.15, -0.1) is 0 Å². The Morgan fingerprint density at radius 3 is 2.52 bits per heavy atom. The van der Waals surface area contributed by atoms with Gasteiger partial charge in [-0.05, 0) is 30.8 Å². The van der Waals surface area contributed by atoms with E-state index < -0.39 is 10.0 Å². The number of sulfonamides is 1. The summed E-state index contributed by atoms with van der Waals surface area (Å²) >= 11 is 0. The van der Waals surface area contributed by atoms with Crippen LogP contribution in [0.15, 0.2) is 53.6 Å². The molecule has 6 heteroatoms. The molecule has 0 aliphatic heterocycles. The summed E-state index contributed by atoms with van der Waals surface area (Å²) in [7, 11) is -0.174. The zero-order valence-electron chi connectivity index (χ0n) is 12.2. The van der Waals surface area contributed by atoms with Gasteiger partial charge in [-0.2, -0.15) is 4.31 Å². The van der Waals surface area contributed by atoms with Crippen LogP contribution < -0.4 is 5.32 Å². The van der Waals surface area contributed by atoms with Crippen molar-refractivity contribution in [2.24, 2.45) is 0 Å². The number of nitrogens with one attached hydrogen (secondary N) is 1. The number of benzene rings is 1. The van der Waals surface area contributed by atoms with Crippen LogP contribution >= 0.6 is 0 Å². The van der Waals surface area contributed by atoms with E-state index in [1.807, 2.05) is 24.3 Å². The highest BCUT2D eigenvalue weighted by molar-refractivity contribution is 7.89. The molecular formula is C15H19N3O2S. The zero-order valence-corrected chi connectivity index (χ0v) is 13.0. The maximum Gasteiger partial charge on any atom is 0.243 e. The summed E-state index contributed by atoms with van der Waals surface area (Å²) in [5, 5.41) is 2.99. The predicted molar refractivity (Wildman–Crippen MR) is 82.1 cm³/mol. The minimum Gasteiger partial charge on any atom is -0.316 e. The van der Waals surface area contributed by atoms with Crippen LogP contribution in [-0.2, 0) is 23.1 Å². The van der Waals surface area contributed by atoms with E-state index in [1.54, 1.807) is 38.5 Å². The first kappa shape index (κ1) is 15.6. The van der Waals surface area contributed by atoms with Gasteiger partial charge < -0.3 is 5.32 Å². The van der Waals surface area contributed by atoms with Crippen LogP contribution in [0.1, 0.15) is 11.3 Å². The highest BCUT2D eigenvalue weighted by Crippen LogP contribution is 2.20. The Labute approximate surface area is 125 Å². The second-order valence-corrected chi connectivity index (χ2v) is 6.73. The molecule has 2 rings (SSSR count). The smallest absolute Gasteiger partial charge is 0.243 e. The first-order valence-electron chi connectivity index (χ1n) is 6.64. The molecule has 0 spiro atoms. The number of rotatable bonds is 6. The molecule has 5 nitrogen and oxygen atoms in total. The highest BCUT2D eigenvalue weighted by Gasteiger charge is 2.23. The summed E-state index contributed by atoms with van der Waals surface area (Å²) in [5.41, 5.74) is 1.47. The molecular weight excluding hydrogens is 286 g/mol. The maximum absolute atomic E-state index is 12.7. The van der Waals surface area contributed by atoms with E-state index in [0.717, 1.165) is 11.3 Å². The minimum atomic E-state index is -3.54. The van der Waals surface area contributed by atoms with E-state index in [4.69, 9.17) is 0 Å². The van der Waals surface area contributed by atoms with Crippen molar-refractivity contribution in [1.82, 2.24) is 14.6 Å². The molecule has 0 saturated carbocycles. The van der Waals surface area contributed by atoms with Crippen molar-refractivity contribution in [1.29, 1.82) is 0 Å². The summed E-state index contributed by atoms with van der Waals surface area (Å²) in [6.07, 6.45) is 1.66. The van der Waals surface area contributed by atoms with Gasteiger partial charge in [-0.25, -0.2) is 8.42 Å². The molecule has 0 atom stereocenters. The van der Waals surface area contributed by atoms with E-state index in [2.05, 4.69) is 10.3 Å². The van der Waals surface area contributed by atoms with Gasteiger partial charge >= 0.3 is 0 Å². The van der Waals surface area contributed by atoms with Gasteiger partial charge in [0.2, 0.25) is 10.0 Å². The Bertz CT molecular complexity index is 687. The molecule has 0 fully saturated rings. The van der Waals surface area contributed by atoms with Crippen molar-refractivity contribution in [3.8, 4) is 0 Å². The van der Waals surface area contributed by atoms with Gasteiger partial charge in [-0.3, -0.25) is 4.98 Å². The first-order chi connectivity index (χ1) is 10.1. The van der Waals surface area contributed by atoms with Gasteiger partial charge in [-0.1, -0.05) is 24.3 Å². The van der Waals surface area contributed by atoms with Crippen molar-refractivity contribution < 1.29 is 8.42 Å². The summed E-state index contributed by atoms with van der Waals surface area (Å²) in [4.78, 5) is 4.50. The van der Waals surface area contributed by atoms with Gasteiger partial charge in [0.1, 0.15) is 0 Å². The molecule has 1 heterocycles. The average molecular weight is 305 g/mol. The van der Waals surface area contributed by atoms with Crippen molar-refractivity contribution in [2.75, 3.05) is 14.1 Å². The fourth-order valence-electron chi connectivity index (χ4n) is 2.06. The number of hydrogen-bond donors (Lipinski definition) is 1. The van der Waals surface area contributed by atoms with Gasteiger partial charge in [0.15, 0.2) is 0 Å². The van der Waals surface area contributed by atoms with E-state index >= 15 is 0 Å². The summed E-state index contributed by atoms with van der Waals surface area (Å²) in [5.74, 6) is 0. The van der Waals surface area contributed by atoms with Crippen LogP contribution in [0.5, 0.6) is 0 Å². The Hall–Kier alpha value is -1.76. The van der Waals surface area contributed by atoms with Crippen LogP contribution in [0.2, 0.25) is 0 Å². The lowest BCUT2D eigenvalue weighted by Gasteiger charge is -2.19. The van der Waals surface area contributed by atoms with Gasteiger partial charge in [0.25, 0.3) is 0 Å². The molecule has 1 aromatic carbocycles. The summed E-state index contributed by atoms with van der Waals surface area (Å²) < 4.78 is 26.7. The number of hydrogen-bond acceptors (Lipinski definition) is 4. The van der Waals surface area contributed by atoms with Crippen molar-refractivity contribution in [2.45, 2.75) is 18.0 Å².